The number of anilines is 1. The maximum Gasteiger partial charge on any atom is 0.232 e. The molecule has 156 valence electrons. The van der Waals surface area contributed by atoms with Crippen molar-refractivity contribution in [2.24, 2.45) is 5.92 Å². The van der Waals surface area contributed by atoms with E-state index in [4.69, 9.17) is 4.52 Å². The summed E-state index contributed by atoms with van der Waals surface area (Å²) in [6.45, 7) is 5.52. The first-order chi connectivity index (χ1) is 14.3. The van der Waals surface area contributed by atoms with E-state index in [0.717, 1.165) is 61.6 Å². The summed E-state index contributed by atoms with van der Waals surface area (Å²) >= 11 is 0. The highest BCUT2D eigenvalue weighted by molar-refractivity contribution is 5.80. The van der Waals surface area contributed by atoms with Gasteiger partial charge in [-0.2, -0.15) is 0 Å². The Hall–Kier alpha value is -2.30. The van der Waals surface area contributed by atoms with Crippen molar-refractivity contribution in [1.29, 1.82) is 0 Å². The fourth-order valence-electron chi connectivity index (χ4n) is 4.77. The lowest BCUT2D eigenvalue weighted by molar-refractivity contribution is -0.136. The lowest BCUT2D eigenvalue weighted by atomic mass is 10.0. The number of nitrogens with zero attached hydrogens (tertiary/aromatic N) is 3. The Labute approximate surface area is 174 Å². The summed E-state index contributed by atoms with van der Waals surface area (Å²) in [5, 5.41) is 4.48. The summed E-state index contributed by atoms with van der Waals surface area (Å²) in [5.41, 5.74) is 3.00. The average molecular weight is 396 g/mol. The normalized spacial score (nSPS) is 17.6. The molecule has 0 unspecified atom stereocenters. The molecule has 5 nitrogen and oxygen atoms in total. The van der Waals surface area contributed by atoms with Crippen LogP contribution in [0.4, 0.5) is 5.88 Å². The van der Waals surface area contributed by atoms with Gasteiger partial charge in [-0.05, 0) is 38.5 Å². The molecule has 1 amide bonds. The Kier molecular flexibility index (Phi) is 6.53. The largest absolute Gasteiger partial charge is 0.340 e. The molecule has 0 spiro atoms. The molecule has 29 heavy (non-hydrogen) atoms. The first kappa shape index (κ1) is 20.0. The summed E-state index contributed by atoms with van der Waals surface area (Å²) < 4.78 is 5.91. The maximum atomic E-state index is 13.3. The average Bonchev–Trinajstić information content (AvgIpc) is 3.45. The summed E-state index contributed by atoms with van der Waals surface area (Å²) in [6, 6.07) is 10.2. The van der Waals surface area contributed by atoms with Crippen molar-refractivity contribution < 1.29 is 9.32 Å². The fourth-order valence-corrected chi connectivity index (χ4v) is 4.77. The molecule has 1 aliphatic carbocycles. The van der Waals surface area contributed by atoms with E-state index < -0.39 is 0 Å². The Morgan fingerprint density at radius 1 is 1.10 bits per heavy atom. The van der Waals surface area contributed by atoms with Crippen molar-refractivity contribution in [1.82, 2.24) is 10.1 Å². The molecule has 2 heterocycles. The summed E-state index contributed by atoms with van der Waals surface area (Å²) in [6.07, 6.45) is 9.02. The van der Waals surface area contributed by atoms with E-state index in [9.17, 15) is 4.79 Å². The van der Waals surface area contributed by atoms with Crippen LogP contribution in [-0.4, -0.2) is 35.6 Å². The van der Waals surface area contributed by atoms with Crippen molar-refractivity contribution in [3.8, 4) is 11.3 Å². The number of benzene rings is 1. The van der Waals surface area contributed by atoms with E-state index in [-0.39, 0.29) is 5.92 Å². The Balaban J connectivity index is 1.66. The van der Waals surface area contributed by atoms with Gasteiger partial charge in [0.2, 0.25) is 11.8 Å². The molecule has 2 aliphatic rings. The molecule has 1 aliphatic heterocycles. The van der Waals surface area contributed by atoms with Crippen LogP contribution in [0.25, 0.3) is 11.3 Å². The van der Waals surface area contributed by atoms with Crippen molar-refractivity contribution >= 4 is 11.8 Å². The highest BCUT2D eigenvalue weighted by atomic mass is 16.5. The molecule has 1 aromatic heterocycles. The van der Waals surface area contributed by atoms with Crippen LogP contribution in [0.1, 0.15) is 63.9 Å². The van der Waals surface area contributed by atoms with Crippen molar-refractivity contribution in [2.75, 3.05) is 24.5 Å². The van der Waals surface area contributed by atoms with E-state index in [2.05, 4.69) is 34.0 Å². The second-order valence-electron chi connectivity index (χ2n) is 8.47. The maximum absolute atomic E-state index is 13.3. The zero-order valence-corrected chi connectivity index (χ0v) is 17.6. The van der Waals surface area contributed by atoms with E-state index in [1.807, 2.05) is 18.2 Å². The van der Waals surface area contributed by atoms with Gasteiger partial charge in [0.05, 0.1) is 12.1 Å². The number of hydrogen-bond donors (Lipinski definition) is 0. The molecule has 1 saturated heterocycles. The van der Waals surface area contributed by atoms with Crippen LogP contribution in [0.2, 0.25) is 0 Å². The van der Waals surface area contributed by atoms with Crippen molar-refractivity contribution in [3.05, 3.63) is 35.9 Å². The minimum Gasteiger partial charge on any atom is -0.340 e. The molecule has 1 aromatic carbocycles. The Bertz CT molecular complexity index is 790. The quantitative estimate of drug-likeness (QED) is 0.641. The second kappa shape index (κ2) is 9.47. The number of carbonyl (C=O) groups excluding carboxylic acids is 1. The number of hydrogen-bond acceptors (Lipinski definition) is 4. The third-order valence-corrected chi connectivity index (χ3v) is 6.32. The number of rotatable bonds is 7. The topological polar surface area (TPSA) is 49.6 Å². The Morgan fingerprint density at radius 3 is 2.52 bits per heavy atom. The van der Waals surface area contributed by atoms with Crippen LogP contribution >= 0.6 is 0 Å². The van der Waals surface area contributed by atoms with Gasteiger partial charge in [0.1, 0.15) is 5.69 Å². The summed E-state index contributed by atoms with van der Waals surface area (Å²) in [7, 11) is 0. The molecular weight excluding hydrogens is 362 g/mol. The fraction of sp³-hybridized carbons (Fsp3) is 0.583. The lowest BCUT2D eigenvalue weighted by Gasteiger charge is -2.29. The number of amides is 1. The third-order valence-electron chi connectivity index (χ3n) is 6.32. The zero-order chi connectivity index (χ0) is 20.1. The van der Waals surface area contributed by atoms with Gasteiger partial charge < -0.3 is 14.3 Å². The second-order valence-corrected chi connectivity index (χ2v) is 8.47. The lowest BCUT2D eigenvalue weighted by Crippen LogP contribution is -2.36. The number of piperidine rings is 1. The number of aromatic nitrogens is 1. The van der Waals surface area contributed by atoms with Gasteiger partial charge >= 0.3 is 0 Å². The van der Waals surface area contributed by atoms with Gasteiger partial charge in [-0.25, -0.2) is 0 Å². The van der Waals surface area contributed by atoms with Gasteiger partial charge in [0, 0.05) is 31.1 Å². The SMILES string of the molecule is CCCN(Cc1c(-c2ccccc2)noc1N1CCCCC1)C(=O)C1CCCC1. The molecule has 2 aromatic rings. The highest BCUT2D eigenvalue weighted by Gasteiger charge is 2.30. The van der Waals surface area contributed by atoms with Crippen LogP contribution in [-0.2, 0) is 11.3 Å². The molecule has 0 bridgehead atoms. The first-order valence-electron chi connectivity index (χ1n) is 11.4. The van der Waals surface area contributed by atoms with Crippen LogP contribution in [0, 0.1) is 5.92 Å². The Morgan fingerprint density at radius 2 is 1.83 bits per heavy atom. The number of carbonyl (C=O) groups is 1. The summed E-state index contributed by atoms with van der Waals surface area (Å²) in [4.78, 5) is 17.6. The third kappa shape index (κ3) is 4.49. The van der Waals surface area contributed by atoms with E-state index in [1.54, 1.807) is 0 Å². The zero-order valence-electron chi connectivity index (χ0n) is 17.6. The minimum atomic E-state index is 0.194. The van der Waals surface area contributed by atoms with Crippen molar-refractivity contribution in [3.63, 3.8) is 0 Å². The van der Waals surface area contributed by atoms with Gasteiger partial charge in [-0.3, -0.25) is 4.79 Å². The van der Waals surface area contributed by atoms with E-state index in [1.165, 1.54) is 32.1 Å². The molecule has 0 atom stereocenters. The van der Waals surface area contributed by atoms with Gasteiger partial charge in [-0.1, -0.05) is 55.3 Å². The molecular formula is C24H33N3O2. The standard InChI is InChI=1S/C24H33N3O2/c1-2-15-27(23(28)20-13-7-8-14-20)18-21-22(19-11-5-3-6-12-19)25-29-24(21)26-16-9-4-10-17-26/h3,5-6,11-12,20H,2,4,7-10,13-18H2,1H3. The van der Waals surface area contributed by atoms with Crippen LogP contribution < -0.4 is 4.90 Å². The molecule has 0 N–H and O–H groups in total. The van der Waals surface area contributed by atoms with E-state index in [0.29, 0.717) is 12.5 Å². The van der Waals surface area contributed by atoms with Crippen LogP contribution in [0.15, 0.2) is 34.9 Å². The van der Waals surface area contributed by atoms with Gasteiger partial charge in [0.15, 0.2) is 0 Å². The minimum absolute atomic E-state index is 0.194. The predicted molar refractivity (Wildman–Crippen MR) is 116 cm³/mol. The monoisotopic (exact) mass is 395 g/mol. The smallest absolute Gasteiger partial charge is 0.232 e. The molecule has 5 heteroatoms. The highest BCUT2D eigenvalue weighted by Crippen LogP contribution is 2.35. The predicted octanol–water partition coefficient (Wildman–Crippen LogP) is 5.26. The van der Waals surface area contributed by atoms with Gasteiger partial charge in [-0.15, -0.1) is 0 Å². The van der Waals surface area contributed by atoms with Crippen molar-refractivity contribution in [2.45, 2.75) is 64.8 Å². The molecule has 1 saturated carbocycles. The van der Waals surface area contributed by atoms with Gasteiger partial charge in [0.25, 0.3) is 0 Å². The van der Waals surface area contributed by atoms with Crippen LogP contribution in [0.3, 0.4) is 0 Å². The molecule has 0 radical (unpaired) electrons. The summed E-state index contributed by atoms with van der Waals surface area (Å²) in [5.74, 6) is 1.37. The molecule has 2 fully saturated rings. The first-order valence-corrected chi connectivity index (χ1v) is 11.4. The molecule has 4 rings (SSSR count). The van der Waals surface area contributed by atoms with Crippen LogP contribution in [0.5, 0.6) is 0 Å². The van der Waals surface area contributed by atoms with E-state index >= 15 is 0 Å².